The number of aliphatic hydroxyl groups is 1. The average molecular weight is 274 g/mol. The van der Waals surface area contributed by atoms with Crippen LogP contribution in [0.15, 0.2) is 53.1 Å². The predicted molar refractivity (Wildman–Crippen MR) is 79.4 cm³/mol. The van der Waals surface area contributed by atoms with E-state index in [4.69, 9.17) is 4.42 Å². The minimum Gasteiger partial charge on any atom is -0.468 e. The average Bonchev–Trinajstić information content (AvgIpc) is 2.97. The van der Waals surface area contributed by atoms with Crippen LogP contribution in [0.3, 0.4) is 0 Å². The van der Waals surface area contributed by atoms with Gasteiger partial charge in [-0.05, 0) is 31.8 Å². The first-order valence-corrected chi connectivity index (χ1v) is 6.82. The van der Waals surface area contributed by atoms with Crippen LogP contribution in [0.4, 0.5) is 0 Å². The van der Waals surface area contributed by atoms with Crippen molar-refractivity contribution in [1.29, 1.82) is 0 Å². The molecule has 2 aromatic rings. The zero-order valence-electron chi connectivity index (χ0n) is 12.0. The first-order chi connectivity index (χ1) is 9.68. The lowest BCUT2D eigenvalue weighted by Crippen LogP contribution is -2.33. The highest BCUT2D eigenvalue weighted by molar-refractivity contribution is 5.17. The van der Waals surface area contributed by atoms with Crippen molar-refractivity contribution >= 4 is 0 Å². The van der Waals surface area contributed by atoms with E-state index in [9.17, 15) is 5.11 Å². The van der Waals surface area contributed by atoms with E-state index in [-0.39, 0.29) is 6.04 Å². The molecule has 2 rings (SSSR count). The van der Waals surface area contributed by atoms with E-state index >= 15 is 0 Å². The molecule has 1 aromatic heterocycles. The van der Waals surface area contributed by atoms with Crippen molar-refractivity contribution in [3.05, 3.63) is 60.1 Å². The van der Waals surface area contributed by atoms with Gasteiger partial charge in [-0.1, -0.05) is 30.3 Å². The number of hydrogen-bond acceptors (Lipinski definition) is 4. The van der Waals surface area contributed by atoms with E-state index in [1.54, 1.807) is 6.26 Å². The fourth-order valence-electron chi connectivity index (χ4n) is 2.17. The Kier molecular flexibility index (Phi) is 5.35. The van der Waals surface area contributed by atoms with Crippen LogP contribution in [0.2, 0.25) is 0 Å². The van der Waals surface area contributed by atoms with Gasteiger partial charge in [-0.2, -0.15) is 0 Å². The first kappa shape index (κ1) is 14.8. The van der Waals surface area contributed by atoms with Crippen LogP contribution in [0, 0.1) is 0 Å². The second-order valence-corrected chi connectivity index (χ2v) is 5.08. The molecule has 1 aromatic carbocycles. The predicted octanol–water partition coefficient (Wildman–Crippen LogP) is 2.21. The molecule has 0 fully saturated rings. The molecule has 2 atom stereocenters. The van der Waals surface area contributed by atoms with Crippen LogP contribution in [-0.4, -0.2) is 37.2 Å². The smallest absolute Gasteiger partial charge is 0.122 e. The zero-order valence-corrected chi connectivity index (χ0v) is 12.0. The molecule has 4 heteroatoms. The Labute approximate surface area is 120 Å². The van der Waals surface area contributed by atoms with Crippen LogP contribution >= 0.6 is 0 Å². The van der Waals surface area contributed by atoms with Crippen LogP contribution in [-0.2, 0) is 0 Å². The van der Waals surface area contributed by atoms with Gasteiger partial charge in [0.1, 0.15) is 5.76 Å². The van der Waals surface area contributed by atoms with Gasteiger partial charge in [-0.25, -0.2) is 0 Å². The van der Waals surface area contributed by atoms with Gasteiger partial charge in [-0.3, -0.25) is 4.90 Å². The maximum atomic E-state index is 10.1. The van der Waals surface area contributed by atoms with Crippen LogP contribution < -0.4 is 5.32 Å². The summed E-state index contributed by atoms with van der Waals surface area (Å²) in [5, 5.41) is 13.4. The fourth-order valence-corrected chi connectivity index (χ4v) is 2.17. The quantitative estimate of drug-likeness (QED) is 0.812. The summed E-state index contributed by atoms with van der Waals surface area (Å²) < 4.78 is 5.45. The summed E-state index contributed by atoms with van der Waals surface area (Å²) >= 11 is 0. The summed E-state index contributed by atoms with van der Waals surface area (Å²) in [5.74, 6) is 0.928. The highest BCUT2D eigenvalue weighted by Crippen LogP contribution is 2.18. The lowest BCUT2D eigenvalue weighted by Gasteiger charge is -2.23. The topological polar surface area (TPSA) is 48.6 Å². The number of furan rings is 1. The summed E-state index contributed by atoms with van der Waals surface area (Å²) in [7, 11) is 4.03. The summed E-state index contributed by atoms with van der Waals surface area (Å²) in [6.45, 7) is 1.25. The maximum absolute atomic E-state index is 10.1. The fraction of sp³-hybridized carbons (Fsp3) is 0.375. The lowest BCUT2D eigenvalue weighted by molar-refractivity contribution is 0.166. The number of benzene rings is 1. The highest BCUT2D eigenvalue weighted by Gasteiger charge is 2.17. The van der Waals surface area contributed by atoms with Gasteiger partial charge in [0.2, 0.25) is 0 Å². The standard InChI is InChI=1S/C16H22N2O2/c1-18(2)14(16-9-6-10-20-16)11-17-12-15(19)13-7-4-3-5-8-13/h3-10,14-15,17,19H,11-12H2,1-2H3/t14-,15-/m1/s1. The van der Waals surface area contributed by atoms with Crippen molar-refractivity contribution in [1.82, 2.24) is 10.2 Å². The van der Waals surface area contributed by atoms with Crippen LogP contribution in [0.5, 0.6) is 0 Å². The molecule has 2 N–H and O–H groups in total. The molecule has 0 saturated carbocycles. The van der Waals surface area contributed by atoms with Crippen LogP contribution in [0.1, 0.15) is 23.5 Å². The minimum absolute atomic E-state index is 0.160. The number of hydrogen-bond donors (Lipinski definition) is 2. The lowest BCUT2D eigenvalue weighted by atomic mass is 10.1. The molecular weight excluding hydrogens is 252 g/mol. The molecule has 20 heavy (non-hydrogen) atoms. The van der Waals surface area contributed by atoms with Crippen molar-refractivity contribution in [2.45, 2.75) is 12.1 Å². The Morgan fingerprint density at radius 3 is 2.45 bits per heavy atom. The third kappa shape index (κ3) is 3.93. The third-order valence-electron chi connectivity index (χ3n) is 3.35. The summed E-state index contributed by atoms with van der Waals surface area (Å²) in [6, 6.07) is 13.7. The summed E-state index contributed by atoms with van der Waals surface area (Å²) in [6.07, 6.45) is 1.19. The number of nitrogens with one attached hydrogen (secondary N) is 1. The van der Waals surface area contributed by atoms with E-state index < -0.39 is 6.10 Å². The molecule has 108 valence electrons. The second kappa shape index (κ2) is 7.24. The van der Waals surface area contributed by atoms with Crippen molar-refractivity contribution in [2.24, 2.45) is 0 Å². The van der Waals surface area contributed by atoms with Gasteiger partial charge in [0.25, 0.3) is 0 Å². The number of rotatable bonds is 7. The van der Waals surface area contributed by atoms with E-state index in [0.717, 1.165) is 17.9 Å². The summed E-state index contributed by atoms with van der Waals surface area (Å²) in [5.41, 5.74) is 0.930. The molecule has 0 unspecified atom stereocenters. The largest absolute Gasteiger partial charge is 0.468 e. The van der Waals surface area contributed by atoms with Crippen molar-refractivity contribution < 1.29 is 9.52 Å². The molecule has 0 radical (unpaired) electrons. The maximum Gasteiger partial charge on any atom is 0.122 e. The van der Waals surface area contributed by atoms with Gasteiger partial charge in [-0.15, -0.1) is 0 Å². The molecule has 4 nitrogen and oxygen atoms in total. The number of aliphatic hydroxyl groups excluding tert-OH is 1. The Morgan fingerprint density at radius 2 is 1.85 bits per heavy atom. The Morgan fingerprint density at radius 1 is 1.10 bits per heavy atom. The Bertz CT molecular complexity index is 482. The SMILES string of the molecule is CN(C)[C@H](CNC[C@@H](O)c1ccccc1)c1ccco1. The molecule has 0 aliphatic rings. The zero-order chi connectivity index (χ0) is 14.4. The molecule has 0 amide bonds. The minimum atomic E-state index is -0.490. The van der Waals surface area contributed by atoms with Crippen molar-refractivity contribution in [3.63, 3.8) is 0 Å². The number of nitrogens with zero attached hydrogens (tertiary/aromatic N) is 1. The molecule has 0 spiro atoms. The molecule has 1 heterocycles. The Hall–Kier alpha value is -1.62. The monoisotopic (exact) mass is 274 g/mol. The molecule has 0 saturated heterocycles. The Balaban J connectivity index is 1.85. The van der Waals surface area contributed by atoms with Gasteiger partial charge in [0.05, 0.1) is 18.4 Å². The van der Waals surface area contributed by atoms with Gasteiger partial charge < -0.3 is 14.8 Å². The van der Waals surface area contributed by atoms with Crippen LogP contribution in [0.25, 0.3) is 0 Å². The van der Waals surface area contributed by atoms with E-state index in [1.807, 2.05) is 56.6 Å². The van der Waals surface area contributed by atoms with E-state index in [2.05, 4.69) is 10.2 Å². The van der Waals surface area contributed by atoms with Crippen molar-refractivity contribution in [2.75, 3.05) is 27.2 Å². The number of likely N-dealkylation sites (N-methyl/N-ethyl adjacent to an activating group) is 1. The van der Waals surface area contributed by atoms with Gasteiger partial charge in [0.15, 0.2) is 0 Å². The van der Waals surface area contributed by atoms with E-state index in [1.165, 1.54) is 0 Å². The molecule has 0 aliphatic carbocycles. The summed E-state index contributed by atoms with van der Waals surface area (Å²) in [4.78, 5) is 2.10. The van der Waals surface area contributed by atoms with Gasteiger partial charge in [0, 0.05) is 13.1 Å². The molecule has 0 aliphatic heterocycles. The first-order valence-electron chi connectivity index (χ1n) is 6.82. The second-order valence-electron chi connectivity index (χ2n) is 5.08. The molecular formula is C16H22N2O2. The van der Waals surface area contributed by atoms with Crippen molar-refractivity contribution in [3.8, 4) is 0 Å². The highest BCUT2D eigenvalue weighted by atomic mass is 16.3. The third-order valence-corrected chi connectivity index (χ3v) is 3.35. The van der Waals surface area contributed by atoms with E-state index in [0.29, 0.717) is 6.54 Å². The van der Waals surface area contributed by atoms with Gasteiger partial charge >= 0.3 is 0 Å². The molecule has 0 bridgehead atoms. The normalized spacial score (nSPS) is 14.4.